The molecule has 0 aromatic heterocycles. The largest absolute Gasteiger partial charge is 0.508 e. The lowest BCUT2D eigenvalue weighted by molar-refractivity contribution is 0.0356. The molecule has 0 amide bonds. The number of ether oxygens (including phenoxy) is 1. The molecule has 1 atom stereocenters. The summed E-state index contributed by atoms with van der Waals surface area (Å²) in [4.78, 5) is 0. The van der Waals surface area contributed by atoms with Crippen LogP contribution in [-0.4, -0.2) is 16.3 Å². The fraction of sp³-hybridized carbons (Fsp3) is 0.714. The van der Waals surface area contributed by atoms with Gasteiger partial charge < -0.3 is 14.9 Å². The van der Waals surface area contributed by atoms with Gasteiger partial charge in [0.2, 0.25) is 0 Å². The van der Waals surface area contributed by atoms with Crippen LogP contribution in [0.25, 0.3) is 0 Å². The van der Waals surface area contributed by atoms with Crippen molar-refractivity contribution in [1.82, 2.24) is 0 Å². The molecular weight excluding hydrogens is 216 g/mol. The van der Waals surface area contributed by atoms with Crippen molar-refractivity contribution in [3.05, 3.63) is 23.9 Å². The van der Waals surface area contributed by atoms with E-state index in [2.05, 4.69) is 0 Å². The molecule has 1 aliphatic rings. The summed E-state index contributed by atoms with van der Waals surface area (Å²) in [5.74, 6) is -0.102. The zero-order valence-electron chi connectivity index (χ0n) is 10.7. The van der Waals surface area contributed by atoms with E-state index in [1.165, 1.54) is 31.8 Å². The Morgan fingerprint density at radius 2 is 1.71 bits per heavy atom. The molecule has 1 rings (SSSR count). The van der Waals surface area contributed by atoms with Crippen LogP contribution in [0.3, 0.4) is 0 Å². The van der Waals surface area contributed by atoms with Crippen LogP contribution >= 0.6 is 0 Å². The highest BCUT2D eigenvalue weighted by Crippen LogP contribution is 2.14. The fourth-order valence-electron chi connectivity index (χ4n) is 2.02. The molecule has 0 fully saturated rings. The highest BCUT2D eigenvalue weighted by atomic mass is 16.6. The molecule has 1 heterocycles. The molecule has 17 heavy (non-hydrogen) atoms. The standard InChI is InChI=1S/C14H24O3/c1-12-9-7-5-3-2-4-6-8-10-13(15)11-14(16)17-12/h10-12,15-16H,2-9H2,1H3/b13-10-,14-11-. The van der Waals surface area contributed by atoms with Gasteiger partial charge in [-0.25, -0.2) is 0 Å². The van der Waals surface area contributed by atoms with Gasteiger partial charge in [-0.1, -0.05) is 25.7 Å². The maximum absolute atomic E-state index is 9.52. The average molecular weight is 240 g/mol. The molecule has 0 aliphatic carbocycles. The van der Waals surface area contributed by atoms with E-state index in [-0.39, 0.29) is 17.8 Å². The first-order chi connectivity index (χ1) is 8.18. The number of aliphatic hydroxyl groups excluding tert-OH is 2. The molecular formula is C14H24O3. The Labute approximate surface area is 104 Å². The highest BCUT2D eigenvalue weighted by molar-refractivity contribution is 5.10. The molecule has 0 aromatic rings. The normalized spacial score (nSPS) is 31.2. The first-order valence-corrected chi connectivity index (χ1v) is 6.65. The van der Waals surface area contributed by atoms with Gasteiger partial charge in [0, 0.05) is 0 Å². The zero-order chi connectivity index (χ0) is 12.5. The topological polar surface area (TPSA) is 49.7 Å². The van der Waals surface area contributed by atoms with Crippen molar-refractivity contribution >= 4 is 0 Å². The third kappa shape index (κ3) is 6.93. The summed E-state index contributed by atoms with van der Waals surface area (Å²) < 4.78 is 5.28. The van der Waals surface area contributed by atoms with Crippen molar-refractivity contribution in [2.45, 2.75) is 64.4 Å². The van der Waals surface area contributed by atoms with Gasteiger partial charge in [-0.15, -0.1) is 0 Å². The Kier molecular flexibility index (Phi) is 6.60. The molecule has 0 saturated heterocycles. The van der Waals surface area contributed by atoms with Crippen LogP contribution < -0.4 is 0 Å². The molecule has 98 valence electrons. The molecule has 0 bridgehead atoms. The molecule has 0 spiro atoms. The van der Waals surface area contributed by atoms with Crippen molar-refractivity contribution in [3.8, 4) is 0 Å². The van der Waals surface area contributed by atoms with Gasteiger partial charge in [-0.2, -0.15) is 0 Å². The lowest BCUT2D eigenvalue weighted by Crippen LogP contribution is -2.08. The summed E-state index contributed by atoms with van der Waals surface area (Å²) in [6.07, 6.45) is 12.0. The lowest BCUT2D eigenvalue weighted by Gasteiger charge is -2.13. The second-order valence-corrected chi connectivity index (χ2v) is 4.74. The van der Waals surface area contributed by atoms with Crippen molar-refractivity contribution in [2.75, 3.05) is 0 Å². The molecule has 0 aromatic carbocycles. The highest BCUT2D eigenvalue weighted by Gasteiger charge is 2.06. The monoisotopic (exact) mass is 240 g/mol. The van der Waals surface area contributed by atoms with Gasteiger partial charge in [0.1, 0.15) is 5.76 Å². The maximum Gasteiger partial charge on any atom is 0.280 e. The molecule has 1 aliphatic heterocycles. The quantitative estimate of drug-likeness (QED) is 0.661. The van der Waals surface area contributed by atoms with Gasteiger partial charge >= 0.3 is 0 Å². The van der Waals surface area contributed by atoms with Crippen molar-refractivity contribution in [3.63, 3.8) is 0 Å². The Hall–Kier alpha value is -1.12. The van der Waals surface area contributed by atoms with E-state index in [1.807, 2.05) is 6.92 Å². The Balaban J connectivity index is 2.53. The van der Waals surface area contributed by atoms with Gasteiger partial charge in [0.05, 0.1) is 12.2 Å². The Bertz CT molecular complexity index is 269. The van der Waals surface area contributed by atoms with Crippen LogP contribution in [0.2, 0.25) is 0 Å². The van der Waals surface area contributed by atoms with Crippen LogP contribution in [0.1, 0.15) is 58.3 Å². The maximum atomic E-state index is 9.52. The van der Waals surface area contributed by atoms with Crippen LogP contribution in [0.5, 0.6) is 0 Å². The van der Waals surface area contributed by atoms with Gasteiger partial charge in [0.25, 0.3) is 5.95 Å². The minimum Gasteiger partial charge on any atom is -0.508 e. The minimum absolute atomic E-state index is 0.00184. The molecule has 0 saturated carbocycles. The number of rotatable bonds is 0. The summed E-state index contributed by atoms with van der Waals surface area (Å²) in [6.45, 7) is 1.94. The van der Waals surface area contributed by atoms with Crippen LogP contribution in [-0.2, 0) is 4.74 Å². The van der Waals surface area contributed by atoms with Gasteiger partial charge in [-0.05, 0) is 38.7 Å². The van der Waals surface area contributed by atoms with E-state index >= 15 is 0 Å². The minimum atomic E-state index is -0.191. The summed E-state index contributed by atoms with van der Waals surface area (Å²) in [6, 6.07) is 0. The van der Waals surface area contributed by atoms with Gasteiger partial charge in [-0.3, -0.25) is 0 Å². The van der Waals surface area contributed by atoms with E-state index in [0.717, 1.165) is 25.7 Å². The van der Waals surface area contributed by atoms with Crippen LogP contribution in [0.4, 0.5) is 0 Å². The molecule has 3 nitrogen and oxygen atoms in total. The smallest absolute Gasteiger partial charge is 0.280 e. The van der Waals surface area contributed by atoms with E-state index in [1.54, 1.807) is 6.08 Å². The number of hydrogen-bond acceptors (Lipinski definition) is 3. The molecule has 3 heteroatoms. The summed E-state index contributed by atoms with van der Waals surface area (Å²) >= 11 is 0. The lowest BCUT2D eigenvalue weighted by atomic mass is 10.1. The predicted molar refractivity (Wildman–Crippen MR) is 68.9 cm³/mol. The van der Waals surface area contributed by atoms with E-state index in [0.29, 0.717) is 0 Å². The van der Waals surface area contributed by atoms with Crippen LogP contribution in [0, 0.1) is 0 Å². The third-order valence-corrected chi connectivity index (χ3v) is 3.01. The SMILES string of the molecule is CC1CCCCCCCC/C=C(O)/C=C(/O)O1. The molecule has 2 N–H and O–H groups in total. The number of allylic oxidation sites excluding steroid dienone is 2. The van der Waals surface area contributed by atoms with Crippen molar-refractivity contribution in [2.24, 2.45) is 0 Å². The van der Waals surface area contributed by atoms with Crippen molar-refractivity contribution in [1.29, 1.82) is 0 Å². The predicted octanol–water partition coefficient (Wildman–Crippen LogP) is 4.37. The third-order valence-electron chi connectivity index (χ3n) is 3.01. The Morgan fingerprint density at radius 1 is 1.06 bits per heavy atom. The van der Waals surface area contributed by atoms with E-state index in [4.69, 9.17) is 4.74 Å². The fourth-order valence-corrected chi connectivity index (χ4v) is 2.02. The second-order valence-electron chi connectivity index (χ2n) is 4.74. The Morgan fingerprint density at radius 3 is 2.47 bits per heavy atom. The van der Waals surface area contributed by atoms with E-state index in [9.17, 15) is 10.2 Å². The van der Waals surface area contributed by atoms with Crippen molar-refractivity contribution < 1.29 is 14.9 Å². The van der Waals surface area contributed by atoms with Crippen LogP contribution in [0.15, 0.2) is 23.9 Å². The number of aliphatic hydroxyl groups is 2. The van der Waals surface area contributed by atoms with Gasteiger partial charge in [0.15, 0.2) is 0 Å². The van der Waals surface area contributed by atoms with E-state index < -0.39 is 0 Å². The summed E-state index contributed by atoms with van der Waals surface area (Å²) in [7, 11) is 0. The average Bonchev–Trinajstić information content (AvgIpc) is 2.25. The molecule has 0 radical (unpaired) electrons. The number of hydrogen-bond donors (Lipinski definition) is 2. The first-order valence-electron chi connectivity index (χ1n) is 6.65. The summed E-state index contributed by atoms with van der Waals surface area (Å²) in [5, 5.41) is 19.0. The second kappa shape index (κ2) is 8.04. The summed E-state index contributed by atoms with van der Waals surface area (Å²) in [5.41, 5.74) is 0. The molecule has 1 unspecified atom stereocenters. The zero-order valence-corrected chi connectivity index (χ0v) is 10.7. The first kappa shape index (κ1) is 13.9.